The van der Waals surface area contributed by atoms with Crippen molar-refractivity contribution in [2.75, 3.05) is 12.3 Å². The summed E-state index contributed by atoms with van der Waals surface area (Å²) in [5.41, 5.74) is 1.29. The minimum Gasteiger partial charge on any atom is -0.330 e. The second-order valence-corrected chi connectivity index (χ2v) is 8.46. The van der Waals surface area contributed by atoms with Gasteiger partial charge in [0.2, 0.25) is 0 Å². The minimum absolute atomic E-state index is 0.0713. The van der Waals surface area contributed by atoms with E-state index in [4.69, 9.17) is 0 Å². The van der Waals surface area contributed by atoms with Gasteiger partial charge in [-0.05, 0) is 35.8 Å². The smallest absolute Gasteiger partial charge is 0.256 e. The van der Waals surface area contributed by atoms with Crippen LogP contribution in [0.2, 0.25) is 0 Å². The lowest BCUT2D eigenvalue weighted by atomic mass is 10.0. The van der Waals surface area contributed by atoms with Crippen LogP contribution in [0.3, 0.4) is 0 Å². The molecule has 0 amide bonds. The molecule has 1 aromatic rings. The third-order valence-corrected chi connectivity index (χ3v) is 5.79. The number of amidine groups is 1. The molecule has 116 valence electrons. The summed E-state index contributed by atoms with van der Waals surface area (Å²) in [6.45, 7) is 4.79. The Bertz CT molecular complexity index is 760. The predicted octanol–water partition coefficient (Wildman–Crippen LogP) is 3.36. The molecule has 4 nitrogen and oxygen atoms in total. The summed E-state index contributed by atoms with van der Waals surface area (Å²) in [6, 6.07) is 8.37. The highest BCUT2D eigenvalue weighted by Gasteiger charge is 2.27. The number of thioether (sulfide) groups is 1. The van der Waals surface area contributed by atoms with E-state index in [1.54, 1.807) is 11.8 Å². The Labute approximate surface area is 135 Å². The van der Waals surface area contributed by atoms with Crippen LogP contribution in [0.15, 0.2) is 56.8 Å². The normalized spacial score (nSPS) is 19.7. The van der Waals surface area contributed by atoms with E-state index in [0.717, 1.165) is 9.80 Å². The van der Waals surface area contributed by atoms with Gasteiger partial charge in [0.1, 0.15) is 0 Å². The molecule has 0 fully saturated rings. The molecule has 0 N–H and O–H groups in total. The van der Waals surface area contributed by atoms with Crippen LogP contribution in [0.5, 0.6) is 0 Å². The number of sulfonamides is 1. The third-order valence-electron chi connectivity index (χ3n) is 3.60. The van der Waals surface area contributed by atoms with Crippen LogP contribution in [-0.2, 0) is 10.0 Å². The van der Waals surface area contributed by atoms with Gasteiger partial charge in [0.25, 0.3) is 10.0 Å². The Morgan fingerprint density at radius 2 is 1.95 bits per heavy atom. The third kappa shape index (κ3) is 3.28. The SMILES string of the molecule is CC(C)c1ccc(SC2=CC=CN3CCS(=O)(=O)N=C23)cc1. The van der Waals surface area contributed by atoms with E-state index in [1.807, 2.05) is 23.3 Å². The first-order valence-corrected chi connectivity index (χ1v) is 9.63. The van der Waals surface area contributed by atoms with Crippen LogP contribution in [0.4, 0.5) is 0 Å². The lowest BCUT2D eigenvalue weighted by Gasteiger charge is -2.28. The van der Waals surface area contributed by atoms with Crippen molar-refractivity contribution < 1.29 is 8.42 Å². The van der Waals surface area contributed by atoms with Gasteiger partial charge in [-0.15, -0.1) is 4.40 Å². The van der Waals surface area contributed by atoms with E-state index >= 15 is 0 Å². The number of hydrogen-bond acceptors (Lipinski definition) is 4. The van der Waals surface area contributed by atoms with Gasteiger partial charge in [0.05, 0.1) is 10.7 Å². The molecule has 0 unspecified atom stereocenters. The number of hydrogen-bond donors (Lipinski definition) is 0. The van der Waals surface area contributed by atoms with Crippen molar-refractivity contribution in [1.29, 1.82) is 0 Å². The summed E-state index contributed by atoms with van der Waals surface area (Å²) in [5, 5.41) is 0. The maximum absolute atomic E-state index is 11.7. The van der Waals surface area contributed by atoms with E-state index in [1.165, 1.54) is 5.56 Å². The zero-order chi connectivity index (χ0) is 15.7. The summed E-state index contributed by atoms with van der Waals surface area (Å²) in [6.07, 6.45) is 5.72. The van der Waals surface area contributed by atoms with E-state index in [0.29, 0.717) is 18.3 Å². The molecule has 0 bridgehead atoms. The summed E-state index contributed by atoms with van der Waals surface area (Å²) in [7, 11) is -3.34. The van der Waals surface area contributed by atoms with Gasteiger partial charge in [-0.3, -0.25) is 0 Å². The maximum Gasteiger partial charge on any atom is 0.256 e. The first-order chi connectivity index (χ1) is 10.4. The zero-order valence-corrected chi connectivity index (χ0v) is 14.2. The molecule has 0 radical (unpaired) electrons. The van der Waals surface area contributed by atoms with Gasteiger partial charge in [-0.1, -0.05) is 37.7 Å². The highest BCUT2D eigenvalue weighted by Crippen LogP contribution is 2.32. The van der Waals surface area contributed by atoms with E-state index < -0.39 is 10.0 Å². The van der Waals surface area contributed by atoms with Crippen molar-refractivity contribution in [2.45, 2.75) is 24.7 Å². The number of nitrogens with zero attached hydrogens (tertiary/aromatic N) is 2. The Hall–Kier alpha value is -1.53. The summed E-state index contributed by atoms with van der Waals surface area (Å²) < 4.78 is 27.4. The first kappa shape index (κ1) is 15.4. The van der Waals surface area contributed by atoms with Crippen molar-refractivity contribution in [3.8, 4) is 0 Å². The van der Waals surface area contributed by atoms with Crippen molar-refractivity contribution in [3.63, 3.8) is 0 Å². The summed E-state index contributed by atoms with van der Waals surface area (Å²) in [5.74, 6) is 1.10. The molecule has 6 heteroatoms. The molecular weight excluding hydrogens is 316 g/mol. The van der Waals surface area contributed by atoms with Gasteiger partial charge < -0.3 is 4.90 Å². The standard InChI is InChI=1S/C16H18N2O2S2/c1-12(2)13-5-7-14(8-6-13)21-15-4-3-9-18-10-11-22(19,20)17-16(15)18/h3-9,12H,10-11H2,1-2H3. The van der Waals surface area contributed by atoms with Crippen LogP contribution in [0, 0.1) is 0 Å². The van der Waals surface area contributed by atoms with Gasteiger partial charge in [-0.2, -0.15) is 0 Å². The molecule has 0 atom stereocenters. The van der Waals surface area contributed by atoms with Crippen LogP contribution >= 0.6 is 11.8 Å². The minimum atomic E-state index is -3.34. The Balaban J connectivity index is 1.86. The number of rotatable bonds is 3. The molecule has 0 saturated heterocycles. The lowest BCUT2D eigenvalue weighted by Crippen LogP contribution is -2.37. The number of benzene rings is 1. The quantitative estimate of drug-likeness (QED) is 0.850. The zero-order valence-electron chi connectivity index (χ0n) is 12.6. The van der Waals surface area contributed by atoms with Crippen LogP contribution in [-0.4, -0.2) is 31.5 Å². The van der Waals surface area contributed by atoms with Crippen molar-refractivity contribution in [1.82, 2.24) is 4.90 Å². The molecule has 2 aliphatic heterocycles. The highest BCUT2D eigenvalue weighted by atomic mass is 32.2. The summed E-state index contributed by atoms with van der Waals surface area (Å²) >= 11 is 1.54. The highest BCUT2D eigenvalue weighted by molar-refractivity contribution is 8.04. The van der Waals surface area contributed by atoms with Crippen LogP contribution in [0.25, 0.3) is 0 Å². The van der Waals surface area contributed by atoms with E-state index in [9.17, 15) is 8.42 Å². The largest absolute Gasteiger partial charge is 0.330 e. The topological polar surface area (TPSA) is 49.7 Å². The Kier molecular flexibility index (Phi) is 4.14. The molecule has 0 aromatic heterocycles. The van der Waals surface area contributed by atoms with E-state index in [-0.39, 0.29) is 5.75 Å². The van der Waals surface area contributed by atoms with Gasteiger partial charge in [0, 0.05) is 17.6 Å². The molecule has 0 aliphatic carbocycles. The van der Waals surface area contributed by atoms with Gasteiger partial charge in [0.15, 0.2) is 5.84 Å². The molecule has 1 aromatic carbocycles. The molecule has 22 heavy (non-hydrogen) atoms. The van der Waals surface area contributed by atoms with Crippen molar-refractivity contribution in [3.05, 3.63) is 53.1 Å². The van der Waals surface area contributed by atoms with E-state index in [2.05, 4.69) is 42.5 Å². The lowest BCUT2D eigenvalue weighted by molar-refractivity contribution is 0.548. The van der Waals surface area contributed by atoms with Crippen molar-refractivity contribution in [2.24, 2.45) is 4.40 Å². The Morgan fingerprint density at radius 1 is 1.23 bits per heavy atom. The molecule has 3 rings (SSSR count). The molecular formula is C16H18N2O2S2. The fourth-order valence-corrected chi connectivity index (χ4v) is 4.29. The number of fused-ring (bicyclic) bond motifs is 1. The average Bonchev–Trinajstić information content (AvgIpc) is 2.48. The predicted molar refractivity (Wildman–Crippen MR) is 91.5 cm³/mol. The Morgan fingerprint density at radius 3 is 2.64 bits per heavy atom. The molecule has 2 heterocycles. The average molecular weight is 334 g/mol. The van der Waals surface area contributed by atoms with Crippen LogP contribution in [0.1, 0.15) is 25.3 Å². The monoisotopic (exact) mass is 334 g/mol. The van der Waals surface area contributed by atoms with Crippen LogP contribution < -0.4 is 0 Å². The maximum atomic E-state index is 11.7. The van der Waals surface area contributed by atoms with Gasteiger partial charge in [-0.25, -0.2) is 8.42 Å². The second kappa shape index (κ2) is 5.93. The molecule has 0 saturated carbocycles. The first-order valence-electron chi connectivity index (χ1n) is 7.20. The summed E-state index contributed by atoms with van der Waals surface area (Å²) in [4.78, 5) is 3.84. The molecule has 0 spiro atoms. The molecule has 2 aliphatic rings. The fraction of sp³-hybridized carbons (Fsp3) is 0.312. The second-order valence-electron chi connectivity index (χ2n) is 5.59. The number of allylic oxidation sites excluding steroid dienone is 2. The van der Waals surface area contributed by atoms with Gasteiger partial charge >= 0.3 is 0 Å². The van der Waals surface area contributed by atoms with Crippen molar-refractivity contribution >= 4 is 27.6 Å². The fourth-order valence-electron chi connectivity index (χ4n) is 2.32.